The molecule has 11 rings (SSSR count). The summed E-state index contributed by atoms with van der Waals surface area (Å²) in [4.78, 5) is 247. The first kappa shape index (κ1) is 99.7. The van der Waals surface area contributed by atoms with E-state index >= 15 is 47.9 Å². The van der Waals surface area contributed by atoms with Crippen molar-refractivity contribution in [2.24, 2.45) is 29.4 Å². The summed E-state index contributed by atoms with van der Waals surface area (Å²) in [7, 11) is 4.12. The van der Waals surface area contributed by atoms with Crippen molar-refractivity contribution in [3.63, 3.8) is 0 Å². The van der Waals surface area contributed by atoms with Gasteiger partial charge in [-0.1, -0.05) is 174 Å². The minimum atomic E-state index is -2.46. The van der Waals surface area contributed by atoms with Crippen LogP contribution in [0.25, 0.3) is 10.9 Å². The molecule has 6 aromatic carbocycles. The van der Waals surface area contributed by atoms with Gasteiger partial charge >= 0.3 is 5.97 Å². The predicted molar refractivity (Wildman–Crippen MR) is 490 cm³/mol. The van der Waals surface area contributed by atoms with E-state index in [1.165, 1.54) is 88.7 Å². The standard InChI is InChI=1S/C96H118N16O20S/c1-11-23-63-46-96(63)93(131)109(7)52-79(117)106-95(48-68(95)90(127)128)92(130)105-81(56(4)5)89(126)110(8)75(43-58-26-17-13-18-27-58)85(122)102-72(42-60-32-36-64(113)37-33-60)86(123)108(6)51-78(116)100-71(45-62-49-98-69-31-22-21-30-66(62)69)84(121)107-94(47-67(94)61-34-38-65(114)39-35-61)91(129)104-70(40-55(2)3)83(120)103-74(82(119)99-50-77(97)115)53-133(132)54-80(118)101-73(41-57-24-15-12-16-25-57)87(124)111(9)76(88(125)112(96)10)44-59-28-19-14-20-29-59/h12-22,24-39,49,55-56,63,67-68,70-76,81,98,113-114H,11,23,40-48,50-54H2,1-10H3,(H2,97,115)(H,99,119)(H,100,116)(H,101,118)(H,102,122)(H,103,120)(H,104,129)(H,105,130)(H,106,117)(H,107,121)(H,127,128)/t63?,67-,68-,70-,71-,72-,73-,74-,75-,76-,81-,94?,95?,96?,133?/m0/s1. The van der Waals surface area contributed by atoms with Crippen molar-refractivity contribution < 1.29 is 96.2 Å². The Labute approximate surface area is 772 Å². The number of benzene rings is 6. The lowest BCUT2D eigenvalue weighted by Gasteiger charge is -2.38. The number of nitrogens with two attached hydrogens (primary N) is 1. The molecule has 4 fully saturated rings. The number of hydrogen-bond acceptors (Lipinski definition) is 19. The number of rotatable bonds is 20. The Balaban J connectivity index is 0.977. The molecule has 3 aliphatic carbocycles. The largest absolute Gasteiger partial charge is 0.508 e. The van der Waals surface area contributed by atoms with Gasteiger partial charge in [0.25, 0.3) is 0 Å². The van der Waals surface area contributed by atoms with E-state index in [0.29, 0.717) is 57.1 Å². The van der Waals surface area contributed by atoms with E-state index in [4.69, 9.17) is 5.73 Å². The van der Waals surface area contributed by atoms with E-state index in [1.807, 2.05) is 6.92 Å². The molecule has 5 unspecified atom stereocenters. The number of carboxylic acids is 1. The number of carboxylic acid groups (broad SMARTS) is 1. The molecule has 15 N–H and O–H groups in total. The van der Waals surface area contributed by atoms with Gasteiger partial charge in [0.15, 0.2) is 0 Å². The molecule has 3 saturated carbocycles. The quantitative estimate of drug-likeness (QED) is 0.0516. The van der Waals surface area contributed by atoms with Crippen molar-refractivity contribution in [3.8, 4) is 11.5 Å². The molecule has 7 aromatic rings. The third-order valence-corrected chi connectivity index (χ3v) is 26.5. The molecule has 4 aliphatic rings. The Morgan fingerprint density at radius 2 is 1.07 bits per heavy atom. The van der Waals surface area contributed by atoms with Gasteiger partial charge in [-0.25, -0.2) is 0 Å². The number of hydrogen-bond donors (Lipinski definition) is 14. The van der Waals surface area contributed by atoms with Crippen LogP contribution < -0.4 is 53.6 Å². The molecule has 133 heavy (non-hydrogen) atoms. The van der Waals surface area contributed by atoms with Crippen LogP contribution in [0.5, 0.6) is 11.5 Å². The van der Waals surface area contributed by atoms with Gasteiger partial charge in [0.1, 0.15) is 82.2 Å². The van der Waals surface area contributed by atoms with E-state index in [9.17, 15) is 48.3 Å². The second kappa shape index (κ2) is 43.5. The van der Waals surface area contributed by atoms with E-state index in [0.717, 1.165) is 19.6 Å². The first-order valence-electron chi connectivity index (χ1n) is 44.3. The highest BCUT2D eigenvalue weighted by Crippen LogP contribution is 2.54. The number of aromatic hydroxyl groups is 2. The molecule has 708 valence electrons. The molecule has 3 spiro atoms. The van der Waals surface area contributed by atoms with Crippen molar-refractivity contribution in [3.05, 3.63) is 203 Å². The maximum atomic E-state index is 15.8. The molecule has 1 saturated heterocycles. The Kier molecular flexibility index (Phi) is 32.6. The van der Waals surface area contributed by atoms with Gasteiger partial charge in [-0.3, -0.25) is 80.9 Å². The van der Waals surface area contributed by atoms with Gasteiger partial charge in [-0.15, -0.1) is 0 Å². The lowest BCUT2D eigenvalue weighted by Crippen LogP contribution is -2.62. The van der Waals surface area contributed by atoms with Crippen molar-refractivity contribution >= 4 is 116 Å². The fourth-order valence-corrected chi connectivity index (χ4v) is 18.7. The molecule has 1 aromatic heterocycles. The highest BCUT2D eigenvalue weighted by molar-refractivity contribution is 7.85. The zero-order valence-corrected chi connectivity index (χ0v) is 76.8. The number of carbonyl (C=O) groups excluding carboxylic acids is 15. The Hall–Kier alpha value is -13.9. The molecular formula is C96H118N16O20S. The number of phenols is 2. The Bertz CT molecular complexity index is 5520. The summed E-state index contributed by atoms with van der Waals surface area (Å²) in [5.41, 5.74) is 3.17. The zero-order valence-electron chi connectivity index (χ0n) is 76.0. The summed E-state index contributed by atoms with van der Waals surface area (Å²) in [6, 6.07) is 31.3. The van der Waals surface area contributed by atoms with Gasteiger partial charge in [0, 0.05) is 101 Å². The average Bonchev–Trinajstić information content (AvgIpc) is 1.57. The molecule has 15 atom stereocenters. The van der Waals surface area contributed by atoms with Crippen LogP contribution in [0, 0.1) is 23.7 Å². The number of nitrogens with zero attached hydrogens (tertiary/aromatic N) is 5. The van der Waals surface area contributed by atoms with Crippen molar-refractivity contribution in [1.29, 1.82) is 0 Å². The first-order valence-corrected chi connectivity index (χ1v) is 45.8. The SMILES string of the molecule is CCCC1CC12C(=O)N(C)CC(=O)NC1(C[C@H]1C(=O)O)C(=O)N[C@@H](C(C)C)C(=O)N(C)[C@@H](Cc1ccccc1)C(=O)N[C@@H](Cc1ccc(O)cc1)C(=O)N(C)CC(=O)N[C@@H](Cc1c[nH]c3ccccc13)C(=O)NC1(C[C@H]1c1ccc(O)cc1)C(=O)N[C@@H](CC(C)C)C(=O)N[C@H](C(=O)NCC(N)=O)CS(=O)CC(=O)N[C@@H](Cc1ccccc1)C(=O)N(C)[C@@H](Cc1ccccc1)C(=O)N2C. The zero-order chi connectivity index (χ0) is 96.7. The number of aliphatic carboxylic acids is 1. The Morgan fingerprint density at radius 1 is 0.526 bits per heavy atom. The van der Waals surface area contributed by atoms with Crippen LogP contribution in [0.2, 0.25) is 0 Å². The number of amides is 15. The summed E-state index contributed by atoms with van der Waals surface area (Å²) < 4.78 is 14.7. The van der Waals surface area contributed by atoms with Crippen molar-refractivity contribution in [2.45, 2.75) is 176 Å². The van der Waals surface area contributed by atoms with E-state index in [2.05, 4.69) is 52.8 Å². The van der Waals surface area contributed by atoms with Gasteiger partial charge in [-0.2, -0.15) is 0 Å². The lowest BCUT2D eigenvalue weighted by atomic mass is 9.98. The van der Waals surface area contributed by atoms with Crippen molar-refractivity contribution in [1.82, 2.24) is 77.3 Å². The van der Waals surface area contributed by atoms with Gasteiger partial charge in [-0.05, 0) is 114 Å². The van der Waals surface area contributed by atoms with Gasteiger partial charge in [0.05, 0.1) is 31.3 Å². The number of aromatic nitrogens is 1. The summed E-state index contributed by atoms with van der Waals surface area (Å²) in [6.45, 7) is 6.07. The molecule has 0 bridgehead atoms. The summed E-state index contributed by atoms with van der Waals surface area (Å²) in [5.74, 6) is -21.9. The number of para-hydroxylation sites is 1. The first-order chi connectivity index (χ1) is 63.2. The molecule has 37 heteroatoms. The van der Waals surface area contributed by atoms with E-state index in [-0.39, 0.29) is 62.9 Å². The fourth-order valence-electron chi connectivity index (χ4n) is 17.6. The Morgan fingerprint density at radius 3 is 1.65 bits per heavy atom. The number of primary amides is 1. The minimum Gasteiger partial charge on any atom is -0.508 e. The number of likely N-dealkylation sites (N-methyl/N-ethyl adjacent to an activating group) is 5. The number of phenolic OH excluding ortho intramolecular Hbond substituents is 2. The number of nitrogens with one attached hydrogen (secondary N) is 10. The summed E-state index contributed by atoms with van der Waals surface area (Å²) in [5, 5.41) is 56.2. The summed E-state index contributed by atoms with van der Waals surface area (Å²) >= 11 is 0. The lowest BCUT2D eigenvalue weighted by molar-refractivity contribution is -0.153. The monoisotopic (exact) mass is 1850 g/mol. The number of H-pyrrole nitrogens is 1. The second-order valence-electron chi connectivity index (χ2n) is 35.9. The van der Waals surface area contributed by atoms with E-state index in [1.54, 1.807) is 149 Å². The average molecular weight is 1850 g/mol. The third-order valence-electron chi connectivity index (χ3n) is 25.2. The van der Waals surface area contributed by atoms with Crippen LogP contribution >= 0.6 is 0 Å². The van der Waals surface area contributed by atoms with Crippen LogP contribution in [0.4, 0.5) is 0 Å². The van der Waals surface area contributed by atoms with Gasteiger partial charge in [0.2, 0.25) is 88.6 Å². The molecule has 15 amide bonds. The van der Waals surface area contributed by atoms with Crippen LogP contribution in [0.15, 0.2) is 170 Å². The smallest absolute Gasteiger partial charge is 0.309 e. The highest BCUT2D eigenvalue weighted by Gasteiger charge is 2.68. The van der Waals surface area contributed by atoms with Gasteiger partial charge < -0.3 is 98.4 Å². The number of aromatic amines is 1. The second-order valence-corrected chi connectivity index (χ2v) is 37.4. The van der Waals surface area contributed by atoms with Crippen LogP contribution in [0.3, 0.4) is 0 Å². The molecule has 1 aliphatic heterocycles. The van der Waals surface area contributed by atoms with Crippen molar-refractivity contribution in [2.75, 3.05) is 66.4 Å². The van der Waals surface area contributed by atoms with Crippen LogP contribution in [-0.4, -0.2) is 275 Å². The van der Waals surface area contributed by atoms with Crippen LogP contribution in [-0.2, 0) is 120 Å². The molecule has 36 nitrogen and oxygen atoms in total. The summed E-state index contributed by atoms with van der Waals surface area (Å²) in [6.07, 6.45) is 0.674. The third kappa shape index (κ3) is 24.5. The number of carbonyl (C=O) groups is 16. The van der Waals surface area contributed by atoms with Crippen LogP contribution in [0.1, 0.15) is 112 Å². The highest BCUT2D eigenvalue weighted by atomic mass is 32.2. The maximum absolute atomic E-state index is 15.8. The maximum Gasteiger partial charge on any atom is 0.309 e. The molecular weight excluding hydrogens is 1730 g/mol. The minimum absolute atomic E-state index is 0.0793. The normalized spacial score (nSPS) is 26.5. The molecule has 2 heterocycles. The topological polar surface area (TPSA) is 517 Å². The fraction of sp³-hybridized carbons (Fsp3) is 0.438. The van der Waals surface area contributed by atoms with E-state index < -0.39 is 237 Å². The predicted octanol–water partition coefficient (Wildman–Crippen LogP) is 1.66. The number of fused-ring (bicyclic) bond motifs is 1. The molecule has 0 radical (unpaired) electrons.